The third-order valence-corrected chi connectivity index (χ3v) is 5.52. The second kappa shape index (κ2) is 6.92. The predicted molar refractivity (Wildman–Crippen MR) is 83.5 cm³/mol. The number of rotatable bonds is 5. The van der Waals surface area contributed by atoms with Gasteiger partial charge in [-0.15, -0.1) is 11.3 Å². The van der Waals surface area contributed by atoms with Gasteiger partial charge in [-0.1, -0.05) is 18.5 Å². The normalized spacial score (nSPS) is 23.4. The molecular formula is C15H22ClNO2S. The van der Waals surface area contributed by atoms with Crippen LogP contribution < -0.4 is 0 Å². The van der Waals surface area contributed by atoms with Gasteiger partial charge in [-0.2, -0.15) is 0 Å². The molecule has 3 atom stereocenters. The summed E-state index contributed by atoms with van der Waals surface area (Å²) in [7, 11) is 0. The first-order valence-corrected chi connectivity index (χ1v) is 8.43. The van der Waals surface area contributed by atoms with Crippen molar-refractivity contribution in [2.75, 3.05) is 13.1 Å². The van der Waals surface area contributed by atoms with E-state index in [1.807, 2.05) is 6.07 Å². The summed E-state index contributed by atoms with van der Waals surface area (Å²) in [6.07, 6.45) is 2.57. The van der Waals surface area contributed by atoms with Gasteiger partial charge in [0.2, 0.25) is 0 Å². The average Bonchev–Trinajstić information content (AvgIpc) is 2.84. The zero-order valence-corrected chi connectivity index (χ0v) is 13.6. The maximum Gasteiger partial charge on any atom is 0.303 e. The van der Waals surface area contributed by atoms with E-state index in [-0.39, 0.29) is 12.3 Å². The molecule has 0 radical (unpaired) electrons. The molecule has 2 rings (SSSR count). The average molecular weight is 316 g/mol. The number of likely N-dealkylation sites (tertiary alicyclic amines) is 1. The Kier molecular flexibility index (Phi) is 5.47. The van der Waals surface area contributed by atoms with Gasteiger partial charge in [0.1, 0.15) is 0 Å². The van der Waals surface area contributed by atoms with Crippen LogP contribution >= 0.6 is 22.9 Å². The molecule has 1 aliphatic heterocycles. The first kappa shape index (κ1) is 15.8. The van der Waals surface area contributed by atoms with E-state index in [4.69, 9.17) is 16.7 Å². The second-order valence-corrected chi connectivity index (χ2v) is 7.38. The number of hydrogen-bond donors (Lipinski definition) is 1. The lowest BCUT2D eigenvalue weighted by Gasteiger charge is -2.38. The number of piperidine rings is 1. The molecule has 112 valence electrons. The Hall–Kier alpha value is -0.580. The van der Waals surface area contributed by atoms with Gasteiger partial charge in [0.25, 0.3) is 0 Å². The molecule has 1 saturated heterocycles. The Bertz CT molecular complexity index is 462. The number of nitrogens with zero attached hydrogens (tertiary/aromatic N) is 1. The number of carboxylic acid groups (broad SMARTS) is 1. The molecule has 3 unspecified atom stereocenters. The van der Waals surface area contributed by atoms with E-state index >= 15 is 0 Å². The predicted octanol–water partition coefficient (Wildman–Crippen LogP) is 4.29. The minimum atomic E-state index is -0.688. The maximum absolute atomic E-state index is 10.9. The summed E-state index contributed by atoms with van der Waals surface area (Å²) in [5.41, 5.74) is 1.27. The van der Waals surface area contributed by atoms with Crippen molar-refractivity contribution >= 4 is 28.9 Å². The molecule has 1 aromatic rings. The standard InChI is InChI=1S/C15H22ClNO2S/c1-10(6-15(18)19)12-4-3-5-17(8-12)11(2)13-7-14(16)20-9-13/h7,9-12H,3-6,8H2,1-2H3,(H,18,19). The largest absolute Gasteiger partial charge is 0.481 e. The van der Waals surface area contributed by atoms with Crippen molar-refractivity contribution in [3.05, 3.63) is 21.3 Å². The molecule has 2 heterocycles. The molecule has 20 heavy (non-hydrogen) atoms. The fourth-order valence-corrected chi connectivity index (χ4v) is 4.03. The fourth-order valence-electron chi connectivity index (χ4n) is 3.05. The van der Waals surface area contributed by atoms with Gasteiger partial charge < -0.3 is 5.11 Å². The van der Waals surface area contributed by atoms with E-state index < -0.39 is 5.97 Å². The monoisotopic (exact) mass is 315 g/mol. The van der Waals surface area contributed by atoms with E-state index in [1.165, 1.54) is 5.56 Å². The molecule has 1 fully saturated rings. The van der Waals surface area contributed by atoms with E-state index in [0.717, 1.165) is 30.3 Å². The van der Waals surface area contributed by atoms with Crippen LogP contribution in [0.2, 0.25) is 4.34 Å². The molecule has 0 bridgehead atoms. The summed E-state index contributed by atoms with van der Waals surface area (Å²) in [5.74, 6) is 0.0391. The Morgan fingerprint density at radius 2 is 2.35 bits per heavy atom. The highest BCUT2D eigenvalue weighted by atomic mass is 35.5. The van der Waals surface area contributed by atoms with Crippen molar-refractivity contribution in [1.29, 1.82) is 0 Å². The summed E-state index contributed by atoms with van der Waals surface area (Å²) >= 11 is 7.59. The van der Waals surface area contributed by atoms with Gasteiger partial charge in [0.05, 0.1) is 4.34 Å². The fraction of sp³-hybridized carbons (Fsp3) is 0.667. The minimum absolute atomic E-state index is 0.244. The first-order chi connectivity index (χ1) is 9.47. The smallest absolute Gasteiger partial charge is 0.303 e. The van der Waals surface area contributed by atoms with Crippen molar-refractivity contribution in [1.82, 2.24) is 4.90 Å². The number of hydrogen-bond acceptors (Lipinski definition) is 3. The highest BCUT2D eigenvalue weighted by Gasteiger charge is 2.28. The van der Waals surface area contributed by atoms with E-state index in [0.29, 0.717) is 12.0 Å². The second-order valence-electron chi connectivity index (χ2n) is 5.83. The van der Waals surface area contributed by atoms with Crippen molar-refractivity contribution in [3.8, 4) is 0 Å². The van der Waals surface area contributed by atoms with E-state index in [2.05, 4.69) is 24.1 Å². The van der Waals surface area contributed by atoms with Crippen molar-refractivity contribution in [2.45, 2.75) is 39.2 Å². The molecule has 3 nitrogen and oxygen atoms in total. The van der Waals surface area contributed by atoms with Crippen molar-refractivity contribution in [2.24, 2.45) is 11.8 Å². The van der Waals surface area contributed by atoms with Gasteiger partial charge in [-0.05, 0) is 55.2 Å². The van der Waals surface area contributed by atoms with Crippen LogP contribution in [0.25, 0.3) is 0 Å². The van der Waals surface area contributed by atoms with Crippen LogP contribution in [-0.4, -0.2) is 29.1 Å². The Morgan fingerprint density at radius 3 is 2.95 bits per heavy atom. The summed E-state index contributed by atoms with van der Waals surface area (Å²) in [6, 6.07) is 2.40. The molecule has 0 aliphatic carbocycles. The molecular weight excluding hydrogens is 294 g/mol. The van der Waals surface area contributed by atoms with Gasteiger partial charge >= 0.3 is 5.97 Å². The molecule has 1 N–H and O–H groups in total. The minimum Gasteiger partial charge on any atom is -0.481 e. The lowest BCUT2D eigenvalue weighted by atomic mass is 9.84. The molecule has 0 amide bonds. The van der Waals surface area contributed by atoms with Crippen LogP contribution in [0.4, 0.5) is 0 Å². The van der Waals surface area contributed by atoms with Gasteiger partial charge in [0.15, 0.2) is 0 Å². The maximum atomic E-state index is 10.9. The number of thiophene rings is 1. The summed E-state index contributed by atoms with van der Waals surface area (Å²) in [6.45, 7) is 6.35. The van der Waals surface area contributed by atoms with Crippen molar-refractivity contribution < 1.29 is 9.90 Å². The third-order valence-electron chi connectivity index (χ3n) is 4.41. The first-order valence-electron chi connectivity index (χ1n) is 7.17. The molecule has 0 aromatic carbocycles. The van der Waals surface area contributed by atoms with E-state index in [9.17, 15) is 4.79 Å². The number of aliphatic carboxylic acids is 1. The molecule has 5 heteroatoms. The van der Waals surface area contributed by atoms with Gasteiger partial charge in [0, 0.05) is 19.0 Å². The van der Waals surface area contributed by atoms with Crippen LogP contribution in [0.3, 0.4) is 0 Å². The van der Waals surface area contributed by atoms with Gasteiger partial charge in [-0.25, -0.2) is 0 Å². The molecule has 1 aliphatic rings. The lowest BCUT2D eigenvalue weighted by Crippen LogP contribution is -2.39. The number of carboxylic acids is 1. The Labute approximate surface area is 129 Å². The quantitative estimate of drug-likeness (QED) is 0.881. The third kappa shape index (κ3) is 3.96. The molecule has 0 spiro atoms. The SMILES string of the molecule is CC(CC(=O)O)C1CCCN(C(C)c2csc(Cl)c2)C1. The highest BCUT2D eigenvalue weighted by Crippen LogP contribution is 2.33. The van der Waals surface area contributed by atoms with Crippen LogP contribution in [0, 0.1) is 11.8 Å². The zero-order chi connectivity index (χ0) is 14.7. The van der Waals surface area contributed by atoms with Crippen LogP contribution in [0.1, 0.15) is 44.7 Å². The summed E-state index contributed by atoms with van der Waals surface area (Å²) in [4.78, 5) is 13.3. The zero-order valence-electron chi connectivity index (χ0n) is 12.0. The van der Waals surface area contributed by atoms with Crippen molar-refractivity contribution in [3.63, 3.8) is 0 Å². The topological polar surface area (TPSA) is 40.5 Å². The van der Waals surface area contributed by atoms with Crippen LogP contribution in [0.5, 0.6) is 0 Å². The lowest BCUT2D eigenvalue weighted by molar-refractivity contribution is -0.138. The van der Waals surface area contributed by atoms with Gasteiger partial charge in [-0.3, -0.25) is 9.69 Å². The van der Waals surface area contributed by atoms with Crippen LogP contribution in [-0.2, 0) is 4.79 Å². The number of carbonyl (C=O) groups is 1. The number of halogens is 1. The van der Waals surface area contributed by atoms with Crippen LogP contribution in [0.15, 0.2) is 11.4 Å². The Balaban J connectivity index is 1.97. The molecule has 0 saturated carbocycles. The summed E-state index contributed by atoms with van der Waals surface area (Å²) < 4.78 is 0.833. The highest BCUT2D eigenvalue weighted by molar-refractivity contribution is 7.14. The molecule has 1 aromatic heterocycles. The van der Waals surface area contributed by atoms with E-state index in [1.54, 1.807) is 11.3 Å². The Morgan fingerprint density at radius 1 is 1.60 bits per heavy atom. The summed E-state index contributed by atoms with van der Waals surface area (Å²) in [5, 5.41) is 11.1.